The summed E-state index contributed by atoms with van der Waals surface area (Å²) in [6, 6.07) is 0. The number of hydrogen-bond donors (Lipinski definition) is 2. The maximum absolute atomic E-state index is 11.8. The number of thioether (sulfide) groups is 1. The van der Waals surface area contributed by atoms with E-state index in [1.165, 1.54) is 12.8 Å². The van der Waals surface area contributed by atoms with E-state index < -0.39 is 0 Å². The fourth-order valence-electron chi connectivity index (χ4n) is 2.60. The standard InChI is InChI=1S/C11H20N2OS/c1-15-7-6-13-10(14)9-8-11(9)2-4-12-5-3-11/h9,12H,2-8H2,1H3,(H,13,14). The van der Waals surface area contributed by atoms with Crippen LogP contribution in [0.2, 0.25) is 0 Å². The van der Waals surface area contributed by atoms with Crippen molar-refractivity contribution in [1.82, 2.24) is 10.6 Å². The molecular formula is C11H20N2OS. The Hall–Kier alpha value is -0.220. The lowest BCUT2D eigenvalue weighted by molar-refractivity contribution is -0.123. The van der Waals surface area contributed by atoms with Crippen LogP contribution < -0.4 is 10.6 Å². The van der Waals surface area contributed by atoms with Crippen LogP contribution in [-0.4, -0.2) is 37.6 Å². The fraction of sp³-hybridized carbons (Fsp3) is 0.909. The van der Waals surface area contributed by atoms with Gasteiger partial charge in [-0.05, 0) is 44.0 Å². The molecule has 0 aromatic rings. The molecule has 1 aliphatic carbocycles. The van der Waals surface area contributed by atoms with Crippen LogP contribution in [0, 0.1) is 11.3 Å². The Kier molecular flexibility index (Phi) is 3.57. The van der Waals surface area contributed by atoms with Crippen molar-refractivity contribution in [3.63, 3.8) is 0 Å². The molecule has 4 heteroatoms. The second kappa shape index (κ2) is 4.74. The van der Waals surface area contributed by atoms with Crippen LogP contribution in [0.3, 0.4) is 0 Å². The second-order valence-electron chi connectivity index (χ2n) is 4.65. The van der Waals surface area contributed by atoms with Crippen molar-refractivity contribution in [3.8, 4) is 0 Å². The topological polar surface area (TPSA) is 41.1 Å². The van der Waals surface area contributed by atoms with Gasteiger partial charge >= 0.3 is 0 Å². The smallest absolute Gasteiger partial charge is 0.223 e. The molecule has 2 N–H and O–H groups in total. The summed E-state index contributed by atoms with van der Waals surface area (Å²) < 4.78 is 0. The monoisotopic (exact) mass is 228 g/mol. The van der Waals surface area contributed by atoms with Gasteiger partial charge in [0.15, 0.2) is 0 Å². The van der Waals surface area contributed by atoms with Crippen LogP contribution in [0.1, 0.15) is 19.3 Å². The zero-order chi connectivity index (χ0) is 10.7. The summed E-state index contributed by atoms with van der Waals surface area (Å²) in [7, 11) is 0. The largest absolute Gasteiger partial charge is 0.355 e. The third kappa shape index (κ3) is 2.48. The minimum Gasteiger partial charge on any atom is -0.355 e. The van der Waals surface area contributed by atoms with Gasteiger partial charge < -0.3 is 10.6 Å². The van der Waals surface area contributed by atoms with Gasteiger partial charge in [-0.2, -0.15) is 11.8 Å². The molecule has 0 radical (unpaired) electrons. The van der Waals surface area contributed by atoms with E-state index in [9.17, 15) is 4.79 Å². The maximum atomic E-state index is 11.8. The predicted molar refractivity (Wildman–Crippen MR) is 64.0 cm³/mol. The molecule has 0 bridgehead atoms. The van der Waals surface area contributed by atoms with Gasteiger partial charge in [0.05, 0.1) is 0 Å². The molecule has 1 amide bonds. The maximum Gasteiger partial charge on any atom is 0.223 e. The van der Waals surface area contributed by atoms with E-state index in [0.29, 0.717) is 17.2 Å². The minimum atomic E-state index is 0.297. The summed E-state index contributed by atoms with van der Waals surface area (Å²) in [5, 5.41) is 6.39. The van der Waals surface area contributed by atoms with Gasteiger partial charge in [-0.25, -0.2) is 0 Å². The van der Waals surface area contributed by atoms with Crippen molar-refractivity contribution in [2.45, 2.75) is 19.3 Å². The average molecular weight is 228 g/mol. The molecule has 2 aliphatic rings. The highest BCUT2D eigenvalue weighted by molar-refractivity contribution is 7.98. The number of carbonyl (C=O) groups is 1. The lowest BCUT2D eigenvalue weighted by Gasteiger charge is -2.23. The van der Waals surface area contributed by atoms with Crippen LogP contribution in [0.25, 0.3) is 0 Å². The zero-order valence-electron chi connectivity index (χ0n) is 9.34. The van der Waals surface area contributed by atoms with Gasteiger partial charge in [-0.1, -0.05) is 0 Å². The molecule has 1 aliphatic heterocycles. The Labute approximate surface area is 95.8 Å². The summed E-state index contributed by atoms with van der Waals surface area (Å²) in [4.78, 5) is 11.8. The van der Waals surface area contributed by atoms with Crippen molar-refractivity contribution < 1.29 is 4.79 Å². The van der Waals surface area contributed by atoms with Gasteiger partial charge in [-0.15, -0.1) is 0 Å². The van der Waals surface area contributed by atoms with E-state index in [0.717, 1.165) is 31.8 Å². The molecule has 2 fully saturated rings. The molecule has 1 saturated carbocycles. The van der Waals surface area contributed by atoms with Crippen molar-refractivity contribution >= 4 is 17.7 Å². The van der Waals surface area contributed by atoms with Gasteiger partial charge in [0.1, 0.15) is 0 Å². The number of rotatable bonds is 4. The first kappa shape index (κ1) is 11.3. The summed E-state index contributed by atoms with van der Waals surface area (Å²) >= 11 is 1.78. The highest BCUT2D eigenvalue weighted by Crippen LogP contribution is 2.58. The van der Waals surface area contributed by atoms with Gasteiger partial charge in [0.2, 0.25) is 5.91 Å². The van der Waals surface area contributed by atoms with Gasteiger partial charge in [0, 0.05) is 18.2 Å². The van der Waals surface area contributed by atoms with Crippen LogP contribution in [0.15, 0.2) is 0 Å². The molecular weight excluding hydrogens is 208 g/mol. The molecule has 1 heterocycles. The Bertz CT molecular complexity index is 239. The number of nitrogens with one attached hydrogen (secondary N) is 2. The normalized spacial score (nSPS) is 27.7. The van der Waals surface area contributed by atoms with Crippen molar-refractivity contribution in [3.05, 3.63) is 0 Å². The van der Waals surface area contributed by atoms with Crippen LogP contribution in [-0.2, 0) is 4.79 Å². The Morgan fingerprint density at radius 3 is 2.93 bits per heavy atom. The van der Waals surface area contributed by atoms with Crippen molar-refractivity contribution in [2.75, 3.05) is 31.6 Å². The molecule has 1 unspecified atom stereocenters. The molecule has 1 saturated heterocycles. The zero-order valence-corrected chi connectivity index (χ0v) is 10.2. The highest BCUT2D eigenvalue weighted by atomic mass is 32.2. The van der Waals surface area contributed by atoms with Crippen LogP contribution in [0.5, 0.6) is 0 Å². The van der Waals surface area contributed by atoms with Gasteiger partial charge in [0.25, 0.3) is 0 Å². The van der Waals surface area contributed by atoms with E-state index in [1.54, 1.807) is 11.8 Å². The summed E-state index contributed by atoms with van der Waals surface area (Å²) in [6.45, 7) is 3.01. The van der Waals surface area contributed by atoms with E-state index in [-0.39, 0.29) is 0 Å². The van der Waals surface area contributed by atoms with Gasteiger partial charge in [-0.3, -0.25) is 4.79 Å². The molecule has 3 nitrogen and oxygen atoms in total. The first-order valence-electron chi connectivity index (χ1n) is 5.76. The Morgan fingerprint density at radius 1 is 1.53 bits per heavy atom. The Morgan fingerprint density at radius 2 is 2.27 bits per heavy atom. The number of piperidine rings is 1. The summed E-state index contributed by atoms with van der Waals surface area (Å²) in [6.07, 6.45) is 5.57. The third-order valence-corrected chi connectivity index (χ3v) is 4.32. The molecule has 1 atom stereocenters. The number of hydrogen-bond acceptors (Lipinski definition) is 3. The molecule has 0 aromatic heterocycles. The minimum absolute atomic E-state index is 0.297. The predicted octanol–water partition coefficient (Wildman–Crippen LogP) is 0.855. The molecule has 1 spiro atoms. The highest BCUT2D eigenvalue weighted by Gasteiger charge is 2.57. The Balaban J connectivity index is 1.74. The SMILES string of the molecule is CSCCNC(=O)C1CC12CCNCC2. The lowest BCUT2D eigenvalue weighted by Crippen LogP contribution is -2.34. The average Bonchev–Trinajstić information content (AvgIpc) is 2.94. The van der Waals surface area contributed by atoms with Crippen LogP contribution in [0.4, 0.5) is 0 Å². The summed E-state index contributed by atoms with van der Waals surface area (Å²) in [5.74, 6) is 1.64. The van der Waals surface area contributed by atoms with Crippen LogP contribution >= 0.6 is 11.8 Å². The number of amides is 1. The van der Waals surface area contributed by atoms with Crippen molar-refractivity contribution in [1.29, 1.82) is 0 Å². The van der Waals surface area contributed by atoms with E-state index >= 15 is 0 Å². The molecule has 86 valence electrons. The molecule has 0 aromatic carbocycles. The first-order chi connectivity index (χ1) is 7.28. The van der Waals surface area contributed by atoms with E-state index in [1.807, 2.05) is 0 Å². The van der Waals surface area contributed by atoms with E-state index in [4.69, 9.17) is 0 Å². The molecule has 2 rings (SSSR count). The third-order valence-electron chi connectivity index (χ3n) is 3.71. The second-order valence-corrected chi connectivity index (χ2v) is 5.64. The number of carbonyl (C=O) groups excluding carboxylic acids is 1. The fourth-order valence-corrected chi connectivity index (χ4v) is 2.90. The lowest BCUT2D eigenvalue weighted by atomic mass is 9.92. The summed E-state index contributed by atoms with van der Waals surface area (Å²) in [5.41, 5.74) is 0.384. The molecule has 15 heavy (non-hydrogen) atoms. The first-order valence-corrected chi connectivity index (χ1v) is 7.15. The quantitative estimate of drug-likeness (QED) is 0.701. The van der Waals surface area contributed by atoms with E-state index in [2.05, 4.69) is 16.9 Å². The van der Waals surface area contributed by atoms with Crippen molar-refractivity contribution in [2.24, 2.45) is 11.3 Å².